The van der Waals surface area contributed by atoms with E-state index in [9.17, 15) is 13.2 Å². The molecule has 0 spiro atoms. The number of rotatable bonds is 8. The van der Waals surface area contributed by atoms with Crippen LogP contribution in [0.25, 0.3) is 0 Å². The quantitative estimate of drug-likeness (QED) is 0.404. The van der Waals surface area contributed by atoms with Crippen molar-refractivity contribution in [1.82, 2.24) is 0 Å². The molecule has 0 bridgehead atoms. The first-order valence-corrected chi connectivity index (χ1v) is 10.5. The van der Waals surface area contributed by atoms with E-state index < -0.39 is 16.0 Å². The molecule has 0 aliphatic carbocycles. The Kier molecular flexibility index (Phi) is 6.58. The van der Waals surface area contributed by atoms with Gasteiger partial charge in [-0.15, -0.1) is 0 Å². The summed E-state index contributed by atoms with van der Waals surface area (Å²) < 4.78 is 42.4. The minimum atomic E-state index is -3.74. The number of esters is 1. The highest BCUT2D eigenvalue weighted by molar-refractivity contribution is 7.92. The van der Waals surface area contributed by atoms with Gasteiger partial charge in [0.2, 0.25) is 0 Å². The summed E-state index contributed by atoms with van der Waals surface area (Å²) in [6.07, 6.45) is 0. The molecule has 0 atom stereocenters. The molecule has 30 heavy (non-hydrogen) atoms. The van der Waals surface area contributed by atoms with E-state index in [0.29, 0.717) is 17.2 Å². The lowest BCUT2D eigenvalue weighted by Gasteiger charge is -2.20. The van der Waals surface area contributed by atoms with Crippen LogP contribution in [0.4, 0.5) is 5.69 Å². The highest BCUT2D eigenvalue weighted by Crippen LogP contribution is 2.25. The Hall–Kier alpha value is -3.52. The molecule has 0 amide bonds. The highest BCUT2D eigenvalue weighted by atomic mass is 32.2. The maximum atomic E-state index is 12.8. The summed E-state index contributed by atoms with van der Waals surface area (Å²) in [6, 6.07) is 21.2. The SMILES string of the molecule is COc1ccc(S(=O)(=O)N(C)c2ccc(OC(=O)COc3ccccc3)cc2)cc1. The van der Waals surface area contributed by atoms with Crippen molar-refractivity contribution in [3.8, 4) is 17.2 Å². The number of hydrogen-bond donors (Lipinski definition) is 0. The minimum Gasteiger partial charge on any atom is -0.497 e. The molecular formula is C22H21NO6S. The Morgan fingerprint density at radius 1 is 0.833 bits per heavy atom. The number of anilines is 1. The number of sulfonamides is 1. The van der Waals surface area contributed by atoms with Gasteiger partial charge in [-0.05, 0) is 60.7 Å². The average Bonchev–Trinajstić information content (AvgIpc) is 2.78. The fourth-order valence-electron chi connectivity index (χ4n) is 2.59. The summed E-state index contributed by atoms with van der Waals surface area (Å²) in [5.41, 5.74) is 0.422. The van der Waals surface area contributed by atoms with Gasteiger partial charge in [0.25, 0.3) is 10.0 Å². The predicted octanol–water partition coefficient (Wildman–Crippen LogP) is 3.50. The van der Waals surface area contributed by atoms with Crippen LogP contribution in [0.15, 0.2) is 83.8 Å². The largest absolute Gasteiger partial charge is 0.497 e. The summed E-state index contributed by atoms with van der Waals surface area (Å²) in [5.74, 6) is 0.857. The molecule has 7 nitrogen and oxygen atoms in total. The smallest absolute Gasteiger partial charge is 0.349 e. The molecule has 0 aliphatic rings. The summed E-state index contributed by atoms with van der Waals surface area (Å²) in [7, 11) is -0.778. The monoisotopic (exact) mass is 427 g/mol. The number of ether oxygens (including phenoxy) is 3. The van der Waals surface area contributed by atoms with E-state index in [1.54, 1.807) is 48.5 Å². The summed E-state index contributed by atoms with van der Waals surface area (Å²) in [4.78, 5) is 12.1. The normalized spacial score (nSPS) is 10.9. The van der Waals surface area contributed by atoms with Crippen molar-refractivity contribution < 1.29 is 27.4 Å². The van der Waals surface area contributed by atoms with E-state index in [0.717, 1.165) is 4.31 Å². The molecular weight excluding hydrogens is 406 g/mol. The number of nitrogens with zero attached hydrogens (tertiary/aromatic N) is 1. The fraction of sp³-hybridized carbons (Fsp3) is 0.136. The first-order chi connectivity index (χ1) is 14.4. The van der Waals surface area contributed by atoms with Gasteiger partial charge in [-0.25, -0.2) is 13.2 Å². The maximum Gasteiger partial charge on any atom is 0.349 e. The van der Waals surface area contributed by atoms with Crippen molar-refractivity contribution in [3.63, 3.8) is 0 Å². The number of hydrogen-bond acceptors (Lipinski definition) is 6. The van der Waals surface area contributed by atoms with Crippen molar-refractivity contribution in [2.45, 2.75) is 4.90 Å². The van der Waals surface area contributed by atoms with Gasteiger partial charge >= 0.3 is 5.97 Å². The van der Waals surface area contributed by atoms with Crippen LogP contribution >= 0.6 is 0 Å². The summed E-state index contributed by atoms with van der Waals surface area (Å²) >= 11 is 0. The highest BCUT2D eigenvalue weighted by Gasteiger charge is 2.21. The number of carbonyl (C=O) groups excluding carboxylic acids is 1. The van der Waals surface area contributed by atoms with Crippen LogP contribution in [0, 0.1) is 0 Å². The first kappa shape index (κ1) is 21.2. The van der Waals surface area contributed by atoms with Gasteiger partial charge in [0.1, 0.15) is 17.2 Å². The standard InChI is InChI=1S/C22H21NO6S/c1-23(30(25,26)21-14-12-18(27-2)13-15-21)17-8-10-20(11-9-17)29-22(24)16-28-19-6-4-3-5-7-19/h3-15H,16H2,1-2H3. The van der Waals surface area contributed by atoms with Crippen molar-refractivity contribution in [2.75, 3.05) is 25.1 Å². The lowest BCUT2D eigenvalue weighted by atomic mass is 10.3. The Morgan fingerprint density at radius 2 is 1.43 bits per heavy atom. The lowest BCUT2D eigenvalue weighted by molar-refractivity contribution is -0.136. The van der Waals surface area contributed by atoms with Gasteiger partial charge < -0.3 is 14.2 Å². The number of methoxy groups -OCH3 is 1. The molecule has 0 saturated heterocycles. The maximum absolute atomic E-state index is 12.8. The molecule has 0 aliphatic heterocycles. The molecule has 3 rings (SSSR count). The van der Waals surface area contributed by atoms with E-state index in [4.69, 9.17) is 14.2 Å². The second-order valence-electron chi connectivity index (χ2n) is 6.22. The second-order valence-corrected chi connectivity index (χ2v) is 8.19. The van der Waals surface area contributed by atoms with Crippen LogP contribution in [0.5, 0.6) is 17.2 Å². The Balaban J connectivity index is 1.63. The van der Waals surface area contributed by atoms with E-state index >= 15 is 0 Å². The van der Waals surface area contributed by atoms with E-state index in [1.807, 2.05) is 6.07 Å². The molecule has 0 saturated carbocycles. The van der Waals surface area contributed by atoms with Crippen molar-refractivity contribution in [2.24, 2.45) is 0 Å². The molecule has 8 heteroatoms. The molecule has 156 valence electrons. The third-order valence-corrected chi connectivity index (χ3v) is 6.05. The summed E-state index contributed by atoms with van der Waals surface area (Å²) in [5, 5.41) is 0. The van der Waals surface area contributed by atoms with Gasteiger partial charge in [0.05, 0.1) is 17.7 Å². The van der Waals surface area contributed by atoms with Crippen LogP contribution in [0.3, 0.4) is 0 Å². The van der Waals surface area contributed by atoms with Crippen molar-refractivity contribution in [3.05, 3.63) is 78.9 Å². The molecule has 0 radical (unpaired) electrons. The molecule has 3 aromatic rings. The zero-order valence-corrected chi connectivity index (χ0v) is 17.3. The number of carbonyl (C=O) groups is 1. The van der Waals surface area contributed by atoms with Gasteiger partial charge in [-0.1, -0.05) is 18.2 Å². The minimum absolute atomic E-state index is 0.138. The Morgan fingerprint density at radius 3 is 2.03 bits per heavy atom. The molecule has 0 fully saturated rings. The van der Waals surface area contributed by atoms with Crippen LogP contribution in [-0.4, -0.2) is 35.2 Å². The van der Waals surface area contributed by atoms with Gasteiger partial charge in [0, 0.05) is 7.05 Å². The third kappa shape index (κ3) is 5.09. The van der Waals surface area contributed by atoms with Gasteiger partial charge in [0.15, 0.2) is 6.61 Å². The second kappa shape index (κ2) is 9.32. The predicted molar refractivity (Wildman–Crippen MR) is 113 cm³/mol. The number of para-hydroxylation sites is 1. The van der Waals surface area contributed by atoms with Crippen molar-refractivity contribution in [1.29, 1.82) is 0 Å². The number of benzene rings is 3. The first-order valence-electron chi connectivity index (χ1n) is 9.02. The van der Waals surface area contributed by atoms with Crippen molar-refractivity contribution >= 4 is 21.7 Å². The Bertz CT molecular complexity index is 1080. The fourth-order valence-corrected chi connectivity index (χ4v) is 3.78. The zero-order chi connectivity index (χ0) is 21.6. The molecule has 0 unspecified atom stereocenters. The van der Waals surface area contributed by atoms with Crippen LogP contribution in [0.2, 0.25) is 0 Å². The van der Waals surface area contributed by atoms with Crippen LogP contribution in [0.1, 0.15) is 0 Å². The van der Waals surface area contributed by atoms with Crippen LogP contribution in [-0.2, 0) is 14.8 Å². The molecule has 3 aromatic carbocycles. The summed E-state index contributed by atoms with van der Waals surface area (Å²) in [6.45, 7) is -0.239. The zero-order valence-electron chi connectivity index (χ0n) is 16.5. The van der Waals surface area contributed by atoms with Gasteiger partial charge in [-0.3, -0.25) is 4.31 Å². The molecule has 0 heterocycles. The topological polar surface area (TPSA) is 82.1 Å². The van der Waals surface area contributed by atoms with Crippen LogP contribution < -0.4 is 18.5 Å². The van der Waals surface area contributed by atoms with E-state index in [-0.39, 0.29) is 17.3 Å². The third-order valence-electron chi connectivity index (χ3n) is 4.25. The average molecular weight is 427 g/mol. The van der Waals surface area contributed by atoms with Gasteiger partial charge in [-0.2, -0.15) is 0 Å². The molecule has 0 aromatic heterocycles. The van der Waals surface area contributed by atoms with E-state index in [1.165, 1.54) is 38.4 Å². The Labute approximate surface area is 175 Å². The lowest BCUT2D eigenvalue weighted by Crippen LogP contribution is -2.26. The van der Waals surface area contributed by atoms with E-state index in [2.05, 4.69) is 0 Å². The molecule has 0 N–H and O–H groups in total.